The number of rotatable bonds is 1. The summed E-state index contributed by atoms with van der Waals surface area (Å²) in [5.41, 5.74) is 2.29. The van der Waals surface area contributed by atoms with Gasteiger partial charge in [-0.15, -0.1) is 0 Å². The number of benzene rings is 1. The van der Waals surface area contributed by atoms with E-state index >= 15 is 0 Å². The van der Waals surface area contributed by atoms with Gasteiger partial charge in [0.1, 0.15) is 0 Å². The molecule has 0 aliphatic heterocycles. The Balaban J connectivity index is 2.83. The molecule has 0 saturated heterocycles. The Morgan fingerprint density at radius 3 is 2.12 bits per heavy atom. The summed E-state index contributed by atoms with van der Waals surface area (Å²) < 4.78 is 1.53. The fraction of sp³-hybridized carbons (Fsp3) is 0.143. The Hall–Kier alpha value is -0.131. The molecule has 1 aromatic rings. The molecule has 0 radical (unpaired) electrons. The van der Waals surface area contributed by atoms with Crippen LogP contribution in [0.5, 0.6) is 0 Å². The van der Waals surface area contributed by atoms with Gasteiger partial charge in [-0.2, -0.15) is 0 Å². The summed E-state index contributed by atoms with van der Waals surface area (Å²) in [6.07, 6.45) is 0. The molecular weight excluding hydrogens is 276 g/mol. The summed E-state index contributed by atoms with van der Waals surface area (Å²) in [5.74, 6) is 0. The van der Waals surface area contributed by atoms with Gasteiger partial charge in [-0.25, -0.2) is 0 Å². The molecule has 8 heavy (non-hydrogen) atoms. The molecule has 0 aromatic heterocycles. The molecule has 1 aromatic carbocycles. The van der Waals surface area contributed by atoms with E-state index in [1.54, 1.807) is 0 Å². The van der Waals surface area contributed by atoms with Gasteiger partial charge in [0.2, 0.25) is 0 Å². The van der Waals surface area contributed by atoms with Crippen molar-refractivity contribution in [2.75, 3.05) is 0 Å². The van der Waals surface area contributed by atoms with E-state index in [0.29, 0.717) is 0 Å². The number of hydrogen-bond donors (Lipinski definition) is 0. The summed E-state index contributed by atoms with van der Waals surface area (Å²) in [7, 11) is 0. The van der Waals surface area contributed by atoms with Gasteiger partial charge in [0.15, 0.2) is 0 Å². The molecule has 0 amide bonds. The summed E-state index contributed by atoms with van der Waals surface area (Å²) in [5, 5.41) is 0. The van der Waals surface area contributed by atoms with Gasteiger partial charge in [-0.3, -0.25) is 0 Å². The zero-order chi connectivity index (χ0) is 5.82. The zero-order valence-corrected chi connectivity index (χ0v) is 7.12. The SMILES string of the molecule is [CH3][Ir+][c]1ccccc1. The first-order chi connectivity index (χ1) is 3.93. The van der Waals surface area contributed by atoms with E-state index in [1.807, 2.05) is 0 Å². The average Bonchev–Trinajstić information content (AvgIpc) is 1.90. The third-order valence-electron chi connectivity index (χ3n) is 0.911. The summed E-state index contributed by atoms with van der Waals surface area (Å²) in [6.45, 7) is 0. The molecule has 0 nitrogen and oxygen atoms in total. The van der Waals surface area contributed by atoms with Crippen LogP contribution >= 0.6 is 0 Å². The second-order valence-corrected chi connectivity index (χ2v) is 4.02. The second kappa shape index (κ2) is 3.01. The van der Waals surface area contributed by atoms with Crippen molar-refractivity contribution >= 4 is 4.08 Å². The van der Waals surface area contributed by atoms with Gasteiger partial charge in [-0.1, -0.05) is 0 Å². The first-order valence-electron chi connectivity index (χ1n) is 2.41. The van der Waals surface area contributed by atoms with Crippen LogP contribution in [0.4, 0.5) is 0 Å². The third kappa shape index (κ3) is 1.43. The van der Waals surface area contributed by atoms with Crippen molar-refractivity contribution in [2.45, 2.75) is 5.44 Å². The summed E-state index contributed by atoms with van der Waals surface area (Å²) >= 11 is 0.196. The van der Waals surface area contributed by atoms with E-state index in [4.69, 9.17) is 0 Å². The van der Waals surface area contributed by atoms with Gasteiger partial charge in [-0.05, 0) is 0 Å². The molecule has 0 aliphatic carbocycles. The summed E-state index contributed by atoms with van der Waals surface area (Å²) in [4.78, 5) is 0. The van der Waals surface area contributed by atoms with E-state index in [-0.39, 0.29) is 17.7 Å². The van der Waals surface area contributed by atoms with Gasteiger partial charge in [0.05, 0.1) is 0 Å². The maximum atomic E-state index is 2.29. The van der Waals surface area contributed by atoms with Crippen LogP contribution in [0.1, 0.15) is 0 Å². The number of hydrogen-bond acceptors (Lipinski definition) is 0. The predicted octanol–water partition coefficient (Wildman–Crippen LogP) is 1.44. The molecule has 0 atom stereocenters. The van der Waals surface area contributed by atoms with Crippen molar-refractivity contribution in [3.8, 4) is 0 Å². The minimum atomic E-state index is 0.196. The van der Waals surface area contributed by atoms with E-state index < -0.39 is 0 Å². The van der Waals surface area contributed by atoms with Crippen molar-refractivity contribution in [3.05, 3.63) is 30.3 Å². The molecule has 0 unspecified atom stereocenters. The molecule has 0 aliphatic rings. The van der Waals surface area contributed by atoms with Gasteiger partial charge in [0, 0.05) is 0 Å². The quantitative estimate of drug-likeness (QED) is 0.732. The molecular formula is C7H8Ir+. The van der Waals surface area contributed by atoms with Crippen molar-refractivity contribution in [2.24, 2.45) is 0 Å². The first-order valence-corrected chi connectivity index (χ1v) is 6.00. The Kier molecular flexibility index (Phi) is 2.25. The molecule has 1 heteroatoms. The minimum absolute atomic E-state index is 0.196. The van der Waals surface area contributed by atoms with Crippen LogP contribution in [0.3, 0.4) is 0 Å². The van der Waals surface area contributed by atoms with E-state index in [9.17, 15) is 0 Å². The molecule has 0 bridgehead atoms. The van der Waals surface area contributed by atoms with Gasteiger partial charge < -0.3 is 0 Å². The van der Waals surface area contributed by atoms with E-state index in [1.165, 1.54) is 4.08 Å². The fourth-order valence-corrected chi connectivity index (χ4v) is 1.78. The van der Waals surface area contributed by atoms with Crippen LogP contribution < -0.4 is 4.08 Å². The van der Waals surface area contributed by atoms with Crippen LogP contribution in [0, 0.1) is 0 Å². The topological polar surface area (TPSA) is 0 Å². The van der Waals surface area contributed by atoms with E-state index in [0.717, 1.165) is 0 Å². The maximum absolute atomic E-state index is 2.29. The first kappa shape index (κ1) is 6.00. The van der Waals surface area contributed by atoms with Crippen molar-refractivity contribution < 1.29 is 17.7 Å². The van der Waals surface area contributed by atoms with Gasteiger partial charge >= 0.3 is 57.5 Å². The Morgan fingerprint density at radius 2 is 1.75 bits per heavy atom. The van der Waals surface area contributed by atoms with Crippen molar-refractivity contribution in [1.29, 1.82) is 0 Å². The van der Waals surface area contributed by atoms with Gasteiger partial charge in [0.25, 0.3) is 0 Å². The molecule has 44 valence electrons. The van der Waals surface area contributed by atoms with Crippen LogP contribution in [-0.4, -0.2) is 0 Å². The zero-order valence-electron chi connectivity index (χ0n) is 4.72. The molecule has 0 spiro atoms. The monoisotopic (exact) mass is 285 g/mol. The van der Waals surface area contributed by atoms with Crippen LogP contribution in [0.15, 0.2) is 30.3 Å². The predicted molar refractivity (Wildman–Crippen MR) is 31.9 cm³/mol. The summed E-state index contributed by atoms with van der Waals surface area (Å²) in [6, 6.07) is 10.6. The van der Waals surface area contributed by atoms with Crippen LogP contribution in [0.2, 0.25) is 5.44 Å². The average molecular weight is 284 g/mol. The molecule has 0 N–H and O–H groups in total. The third-order valence-corrected chi connectivity index (χ3v) is 3.09. The van der Waals surface area contributed by atoms with Crippen molar-refractivity contribution in [3.63, 3.8) is 0 Å². The fourth-order valence-electron chi connectivity index (χ4n) is 0.517. The van der Waals surface area contributed by atoms with Crippen molar-refractivity contribution in [1.82, 2.24) is 0 Å². The second-order valence-electron chi connectivity index (χ2n) is 1.44. The molecule has 1 rings (SSSR count). The van der Waals surface area contributed by atoms with Crippen LogP contribution in [0.25, 0.3) is 0 Å². The molecule has 0 fully saturated rings. The Labute approximate surface area is 57.9 Å². The molecule has 0 heterocycles. The normalized spacial score (nSPS) is 9.62. The standard InChI is InChI=1S/C6H5.CH3.Ir/c1-2-4-6-5-3-1;;/h1-5H;1H3;/q;;+1. The Bertz CT molecular complexity index is 146. The van der Waals surface area contributed by atoms with E-state index in [2.05, 4.69) is 35.8 Å². The Morgan fingerprint density at radius 1 is 1.12 bits per heavy atom. The molecule has 0 saturated carbocycles. The van der Waals surface area contributed by atoms with Crippen LogP contribution in [-0.2, 0) is 17.7 Å².